The van der Waals surface area contributed by atoms with Crippen molar-refractivity contribution in [3.8, 4) is 0 Å². The van der Waals surface area contributed by atoms with Gasteiger partial charge in [-0.15, -0.1) is 0 Å². The number of benzene rings is 2. The van der Waals surface area contributed by atoms with Crippen molar-refractivity contribution >= 4 is 17.3 Å². The summed E-state index contributed by atoms with van der Waals surface area (Å²) in [4.78, 5) is 22.2. The molecule has 6 heteroatoms. The maximum Gasteiger partial charge on any atom is 0.282 e. The van der Waals surface area contributed by atoms with Crippen LogP contribution in [0.1, 0.15) is 15.9 Å². The van der Waals surface area contributed by atoms with E-state index in [-0.39, 0.29) is 11.3 Å². The van der Waals surface area contributed by atoms with Gasteiger partial charge in [0.2, 0.25) is 0 Å². The molecule has 0 saturated carbocycles. The molecule has 0 spiro atoms. The molecule has 0 fully saturated rings. The quantitative estimate of drug-likeness (QED) is 0.661. The van der Waals surface area contributed by atoms with E-state index in [1.54, 1.807) is 12.1 Å². The monoisotopic (exact) mass is 271 g/mol. The summed E-state index contributed by atoms with van der Waals surface area (Å²) >= 11 is 0. The topological polar surface area (TPSA) is 84.3 Å². The molecule has 0 bridgehead atoms. The molecule has 6 nitrogen and oxygen atoms in total. The Bertz CT molecular complexity index is 656. The molecule has 2 aromatic carbocycles. The standard InChI is InChI=1S/C14H13N3O3/c1-10-5-4-6-11(9-10)15-16-14(18)12-7-2-3-8-13(12)17(19)20/h2-9,15H,1H3,(H,16,18). The molecular weight excluding hydrogens is 258 g/mol. The molecular formula is C14H13N3O3. The van der Waals surface area contributed by atoms with Crippen LogP contribution in [0.2, 0.25) is 0 Å². The van der Waals surface area contributed by atoms with Crippen molar-refractivity contribution in [1.82, 2.24) is 5.43 Å². The lowest BCUT2D eigenvalue weighted by Gasteiger charge is -2.09. The van der Waals surface area contributed by atoms with E-state index >= 15 is 0 Å². The molecule has 0 aliphatic rings. The number of nitro groups is 1. The van der Waals surface area contributed by atoms with Gasteiger partial charge in [0.05, 0.1) is 10.6 Å². The Morgan fingerprint density at radius 2 is 1.90 bits per heavy atom. The van der Waals surface area contributed by atoms with Crippen molar-refractivity contribution in [2.75, 3.05) is 5.43 Å². The third-order valence-corrected chi connectivity index (χ3v) is 2.68. The Morgan fingerprint density at radius 1 is 1.15 bits per heavy atom. The number of aryl methyl sites for hydroxylation is 1. The number of rotatable bonds is 4. The highest BCUT2D eigenvalue weighted by atomic mass is 16.6. The number of carbonyl (C=O) groups is 1. The molecule has 0 unspecified atom stereocenters. The minimum atomic E-state index is -0.582. The maximum atomic E-state index is 12.0. The van der Waals surface area contributed by atoms with Crippen LogP contribution in [0.3, 0.4) is 0 Å². The zero-order valence-electron chi connectivity index (χ0n) is 10.8. The second-order valence-electron chi connectivity index (χ2n) is 4.22. The summed E-state index contributed by atoms with van der Waals surface area (Å²) in [5.74, 6) is -0.557. The molecule has 2 aromatic rings. The molecule has 0 radical (unpaired) electrons. The normalized spacial score (nSPS) is 9.85. The summed E-state index contributed by atoms with van der Waals surface area (Å²) in [5.41, 5.74) is 6.70. The van der Waals surface area contributed by atoms with Gasteiger partial charge in [-0.25, -0.2) is 0 Å². The number of amides is 1. The smallest absolute Gasteiger partial charge is 0.282 e. The number of para-hydroxylation sites is 1. The largest absolute Gasteiger partial charge is 0.298 e. The van der Waals surface area contributed by atoms with Crippen LogP contribution in [0.15, 0.2) is 48.5 Å². The Labute approximate surface area is 115 Å². The van der Waals surface area contributed by atoms with E-state index < -0.39 is 10.8 Å². The summed E-state index contributed by atoms with van der Waals surface area (Å²) < 4.78 is 0. The molecule has 0 heterocycles. The van der Waals surface area contributed by atoms with Crippen molar-refractivity contribution in [3.05, 3.63) is 69.8 Å². The molecule has 2 rings (SSSR count). The van der Waals surface area contributed by atoms with Gasteiger partial charge in [-0.2, -0.15) is 0 Å². The number of nitrogens with one attached hydrogen (secondary N) is 2. The predicted molar refractivity (Wildman–Crippen MR) is 75.4 cm³/mol. The van der Waals surface area contributed by atoms with E-state index in [9.17, 15) is 14.9 Å². The minimum Gasteiger partial charge on any atom is -0.298 e. The lowest BCUT2D eigenvalue weighted by molar-refractivity contribution is -0.385. The first-order valence-electron chi connectivity index (χ1n) is 5.94. The zero-order chi connectivity index (χ0) is 14.5. The van der Waals surface area contributed by atoms with Gasteiger partial charge in [-0.3, -0.25) is 25.8 Å². The van der Waals surface area contributed by atoms with Crippen LogP contribution >= 0.6 is 0 Å². The fourth-order valence-corrected chi connectivity index (χ4v) is 1.74. The molecule has 0 aliphatic heterocycles. The summed E-state index contributed by atoms with van der Waals surface area (Å²) in [6, 6.07) is 13.2. The minimum absolute atomic E-state index is 0.0117. The molecule has 0 aromatic heterocycles. The van der Waals surface area contributed by atoms with Crippen molar-refractivity contribution < 1.29 is 9.72 Å². The fraction of sp³-hybridized carbons (Fsp3) is 0.0714. The molecule has 0 saturated heterocycles. The third-order valence-electron chi connectivity index (χ3n) is 2.68. The van der Waals surface area contributed by atoms with Gasteiger partial charge in [0.1, 0.15) is 5.56 Å². The van der Waals surface area contributed by atoms with Gasteiger partial charge < -0.3 is 0 Å². The second kappa shape index (κ2) is 5.83. The van der Waals surface area contributed by atoms with Gasteiger partial charge in [-0.05, 0) is 30.7 Å². The number of nitro benzene ring substituents is 1. The van der Waals surface area contributed by atoms with Crippen molar-refractivity contribution in [1.29, 1.82) is 0 Å². The summed E-state index contributed by atoms with van der Waals surface area (Å²) in [6.07, 6.45) is 0. The molecule has 0 aliphatic carbocycles. The number of nitrogens with zero attached hydrogens (tertiary/aromatic N) is 1. The highest BCUT2D eigenvalue weighted by molar-refractivity contribution is 5.98. The lowest BCUT2D eigenvalue weighted by atomic mass is 10.2. The number of hydrogen-bond donors (Lipinski definition) is 2. The highest BCUT2D eigenvalue weighted by Crippen LogP contribution is 2.17. The molecule has 2 N–H and O–H groups in total. The summed E-state index contributed by atoms with van der Waals surface area (Å²) in [5, 5.41) is 10.9. The van der Waals surface area contributed by atoms with Crippen LogP contribution in [0.25, 0.3) is 0 Å². The van der Waals surface area contributed by atoms with E-state index in [1.807, 2.05) is 25.1 Å². The number of hydrogen-bond acceptors (Lipinski definition) is 4. The Balaban J connectivity index is 2.11. The lowest BCUT2D eigenvalue weighted by Crippen LogP contribution is -2.29. The summed E-state index contributed by atoms with van der Waals surface area (Å²) in [6.45, 7) is 1.93. The molecule has 102 valence electrons. The van der Waals surface area contributed by atoms with Crippen LogP contribution in [0.4, 0.5) is 11.4 Å². The third kappa shape index (κ3) is 3.11. The average molecular weight is 271 g/mol. The number of hydrazine groups is 1. The van der Waals surface area contributed by atoms with Crippen molar-refractivity contribution in [2.45, 2.75) is 6.92 Å². The van der Waals surface area contributed by atoms with Crippen LogP contribution in [0, 0.1) is 17.0 Å². The highest BCUT2D eigenvalue weighted by Gasteiger charge is 2.18. The van der Waals surface area contributed by atoms with Crippen LogP contribution in [0.5, 0.6) is 0 Å². The Morgan fingerprint density at radius 3 is 2.60 bits per heavy atom. The van der Waals surface area contributed by atoms with Crippen molar-refractivity contribution in [2.24, 2.45) is 0 Å². The maximum absolute atomic E-state index is 12.0. The predicted octanol–water partition coefficient (Wildman–Crippen LogP) is 2.66. The van der Waals surface area contributed by atoms with E-state index in [2.05, 4.69) is 10.9 Å². The zero-order valence-corrected chi connectivity index (χ0v) is 10.8. The second-order valence-corrected chi connectivity index (χ2v) is 4.22. The van der Waals surface area contributed by atoms with Crippen LogP contribution in [-0.4, -0.2) is 10.8 Å². The van der Waals surface area contributed by atoms with Gasteiger partial charge >= 0.3 is 0 Å². The number of carbonyl (C=O) groups excluding carboxylic acids is 1. The van der Waals surface area contributed by atoms with E-state index in [1.165, 1.54) is 18.2 Å². The Kier molecular flexibility index (Phi) is 3.95. The SMILES string of the molecule is Cc1cccc(NNC(=O)c2ccccc2[N+](=O)[O-])c1. The molecule has 20 heavy (non-hydrogen) atoms. The van der Waals surface area contributed by atoms with Crippen molar-refractivity contribution in [3.63, 3.8) is 0 Å². The van der Waals surface area contributed by atoms with Gasteiger partial charge in [0, 0.05) is 6.07 Å². The number of anilines is 1. The van der Waals surface area contributed by atoms with E-state index in [4.69, 9.17) is 0 Å². The average Bonchev–Trinajstić information content (AvgIpc) is 2.45. The molecule has 1 amide bonds. The first-order valence-corrected chi connectivity index (χ1v) is 5.94. The van der Waals surface area contributed by atoms with E-state index in [0.717, 1.165) is 5.56 Å². The molecule has 0 atom stereocenters. The van der Waals surface area contributed by atoms with E-state index in [0.29, 0.717) is 5.69 Å². The fourth-order valence-electron chi connectivity index (χ4n) is 1.74. The van der Waals surface area contributed by atoms with Gasteiger partial charge in [0.25, 0.3) is 11.6 Å². The van der Waals surface area contributed by atoms with Crippen LogP contribution < -0.4 is 10.9 Å². The summed E-state index contributed by atoms with van der Waals surface area (Å²) in [7, 11) is 0. The first kappa shape index (κ1) is 13.5. The Hall–Kier alpha value is -2.89. The first-order chi connectivity index (χ1) is 9.58. The van der Waals surface area contributed by atoms with Gasteiger partial charge in [0.15, 0.2) is 0 Å². The van der Waals surface area contributed by atoms with Gasteiger partial charge in [-0.1, -0.05) is 24.3 Å². The van der Waals surface area contributed by atoms with Crippen LogP contribution in [-0.2, 0) is 0 Å².